The Morgan fingerprint density at radius 1 is 0.947 bits per heavy atom. The van der Waals surface area contributed by atoms with Gasteiger partial charge in [0.25, 0.3) is 5.91 Å². The largest absolute Gasteiger partial charge is 0.382 e. The van der Waals surface area contributed by atoms with Crippen LogP contribution in [0.25, 0.3) is 0 Å². The molecule has 0 fully saturated rings. The molecule has 0 aliphatic carbocycles. The second-order valence-electron chi connectivity index (χ2n) is 4.40. The highest BCUT2D eigenvalue weighted by Crippen LogP contribution is 2.28. The summed E-state index contributed by atoms with van der Waals surface area (Å²) < 4.78 is 0. The Morgan fingerprint density at radius 3 is 2.58 bits per heavy atom. The first-order valence-electron chi connectivity index (χ1n) is 6.32. The minimum absolute atomic E-state index is 0.0979. The van der Waals surface area contributed by atoms with Crippen LogP contribution < -0.4 is 16.0 Å². The van der Waals surface area contributed by atoms with Crippen molar-refractivity contribution in [1.82, 2.24) is 0 Å². The Morgan fingerprint density at radius 2 is 1.74 bits per heavy atom. The van der Waals surface area contributed by atoms with Gasteiger partial charge in [0.2, 0.25) is 0 Å². The van der Waals surface area contributed by atoms with Crippen LogP contribution in [0.2, 0.25) is 0 Å². The summed E-state index contributed by atoms with van der Waals surface area (Å²) in [6, 6.07) is 15.2. The average molecular weight is 253 g/mol. The van der Waals surface area contributed by atoms with Crippen LogP contribution in [-0.4, -0.2) is 19.0 Å². The topological polar surface area (TPSA) is 53.2 Å². The lowest BCUT2D eigenvalue weighted by Crippen LogP contribution is -2.24. The number of amides is 1. The SMILES string of the molecule is O=C(Nc1ccccc1)c1cccc2c1NCCN2. The van der Waals surface area contributed by atoms with Gasteiger partial charge in [0, 0.05) is 18.8 Å². The summed E-state index contributed by atoms with van der Waals surface area (Å²) >= 11 is 0. The first-order valence-corrected chi connectivity index (χ1v) is 6.32. The summed E-state index contributed by atoms with van der Waals surface area (Å²) in [5, 5.41) is 9.46. The van der Waals surface area contributed by atoms with Gasteiger partial charge < -0.3 is 16.0 Å². The van der Waals surface area contributed by atoms with Gasteiger partial charge >= 0.3 is 0 Å². The van der Waals surface area contributed by atoms with Crippen LogP contribution in [-0.2, 0) is 0 Å². The van der Waals surface area contributed by atoms with Crippen molar-refractivity contribution in [3.63, 3.8) is 0 Å². The van der Waals surface area contributed by atoms with Crippen molar-refractivity contribution in [2.24, 2.45) is 0 Å². The van der Waals surface area contributed by atoms with Gasteiger partial charge in [0.05, 0.1) is 16.9 Å². The molecule has 4 heteroatoms. The maximum absolute atomic E-state index is 12.3. The highest BCUT2D eigenvalue weighted by atomic mass is 16.1. The molecule has 0 bridgehead atoms. The van der Waals surface area contributed by atoms with Crippen LogP contribution >= 0.6 is 0 Å². The molecule has 0 radical (unpaired) electrons. The lowest BCUT2D eigenvalue weighted by atomic mass is 10.1. The average Bonchev–Trinajstić information content (AvgIpc) is 2.47. The zero-order chi connectivity index (χ0) is 13.1. The molecule has 0 atom stereocenters. The number of carbonyl (C=O) groups excluding carboxylic acids is 1. The van der Waals surface area contributed by atoms with Crippen molar-refractivity contribution in [3.8, 4) is 0 Å². The molecule has 1 aliphatic heterocycles. The van der Waals surface area contributed by atoms with Crippen molar-refractivity contribution in [1.29, 1.82) is 0 Å². The van der Waals surface area contributed by atoms with Gasteiger partial charge in [-0.2, -0.15) is 0 Å². The molecule has 1 amide bonds. The highest BCUT2D eigenvalue weighted by molar-refractivity contribution is 6.10. The number of nitrogens with one attached hydrogen (secondary N) is 3. The number of rotatable bonds is 2. The molecule has 3 N–H and O–H groups in total. The number of hydrogen-bond acceptors (Lipinski definition) is 3. The van der Waals surface area contributed by atoms with Gasteiger partial charge in [-0.3, -0.25) is 4.79 Å². The highest BCUT2D eigenvalue weighted by Gasteiger charge is 2.16. The Kier molecular flexibility index (Phi) is 3.06. The Balaban J connectivity index is 1.88. The van der Waals surface area contributed by atoms with Crippen LogP contribution in [0.15, 0.2) is 48.5 Å². The van der Waals surface area contributed by atoms with Crippen LogP contribution in [0.3, 0.4) is 0 Å². The van der Waals surface area contributed by atoms with Crippen LogP contribution in [0.5, 0.6) is 0 Å². The van der Waals surface area contributed by atoms with E-state index >= 15 is 0 Å². The third kappa shape index (κ3) is 2.38. The van der Waals surface area contributed by atoms with Crippen LogP contribution in [0, 0.1) is 0 Å². The monoisotopic (exact) mass is 253 g/mol. The molecule has 0 saturated heterocycles. The molecule has 0 aromatic heterocycles. The first-order chi connectivity index (χ1) is 9.34. The van der Waals surface area contributed by atoms with Crippen LogP contribution in [0.1, 0.15) is 10.4 Å². The van der Waals surface area contributed by atoms with Crippen molar-refractivity contribution < 1.29 is 4.79 Å². The molecule has 19 heavy (non-hydrogen) atoms. The number of para-hydroxylation sites is 2. The van der Waals surface area contributed by atoms with Crippen LogP contribution in [0.4, 0.5) is 17.1 Å². The molecular weight excluding hydrogens is 238 g/mol. The molecule has 96 valence electrons. The molecule has 2 aromatic rings. The zero-order valence-corrected chi connectivity index (χ0v) is 10.4. The zero-order valence-electron chi connectivity index (χ0n) is 10.4. The van der Waals surface area contributed by atoms with Crippen molar-refractivity contribution >= 4 is 23.0 Å². The fourth-order valence-corrected chi connectivity index (χ4v) is 2.18. The Hall–Kier alpha value is -2.49. The first kappa shape index (κ1) is 11.6. The second-order valence-corrected chi connectivity index (χ2v) is 4.40. The minimum Gasteiger partial charge on any atom is -0.382 e. The van der Waals surface area contributed by atoms with E-state index in [2.05, 4.69) is 16.0 Å². The number of anilines is 3. The number of hydrogen-bond donors (Lipinski definition) is 3. The minimum atomic E-state index is -0.0979. The summed E-state index contributed by atoms with van der Waals surface area (Å²) in [5.41, 5.74) is 3.32. The van der Waals surface area contributed by atoms with E-state index in [1.807, 2.05) is 48.5 Å². The standard InChI is InChI=1S/C15H15N3O/c19-15(18-11-5-2-1-3-6-11)12-7-4-8-13-14(12)17-10-9-16-13/h1-8,16-17H,9-10H2,(H,18,19). The molecule has 1 aliphatic rings. The Labute approximate surface area is 111 Å². The van der Waals surface area contributed by atoms with E-state index in [0.717, 1.165) is 30.2 Å². The van der Waals surface area contributed by atoms with E-state index < -0.39 is 0 Å². The molecule has 3 rings (SSSR count). The lowest BCUT2D eigenvalue weighted by molar-refractivity contribution is 0.102. The van der Waals surface area contributed by atoms with E-state index in [-0.39, 0.29) is 5.91 Å². The fraction of sp³-hybridized carbons (Fsp3) is 0.133. The number of fused-ring (bicyclic) bond motifs is 1. The van der Waals surface area contributed by atoms with Crippen molar-refractivity contribution in [3.05, 3.63) is 54.1 Å². The quantitative estimate of drug-likeness (QED) is 0.771. The van der Waals surface area contributed by atoms with E-state index in [9.17, 15) is 4.79 Å². The smallest absolute Gasteiger partial charge is 0.257 e. The van der Waals surface area contributed by atoms with Gasteiger partial charge in [-0.25, -0.2) is 0 Å². The van der Waals surface area contributed by atoms with E-state index in [1.165, 1.54) is 0 Å². The lowest BCUT2D eigenvalue weighted by Gasteiger charge is -2.22. The van der Waals surface area contributed by atoms with Gasteiger partial charge in [-0.05, 0) is 24.3 Å². The van der Waals surface area contributed by atoms with E-state index in [4.69, 9.17) is 0 Å². The summed E-state index contributed by atoms with van der Waals surface area (Å²) in [4.78, 5) is 12.3. The van der Waals surface area contributed by atoms with Gasteiger partial charge in [-0.15, -0.1) is 0 Å². The maximum Gasteiger partial charge on any atom is 0.257 e. The normalized spacial score (nSPS) is 12.8. The Bertz CT molecular complexity index is 596. The van der Waals surface area contributed by atoms with Gasteiger partial charge in [0.15, 0.2) is 0 Å². The third-order valence-corrected chi connectivity index (χ3v) is 3.08. The van der Waals surface area contributed by atoms with E-state index in [1.54, 1.807) is 0 Å². The predicted octanol–water partition coefficient (Wildman–Crippen LogP) is 2.78. The number of carbonyl (C=O) groups is 1. The summed E-state index contributed by atoms with van der Waals surface area (Å²) in [6.45, 7) is 1.69. The van der Waals surface area contributed by atoms with E-state index in [0.29, 0.717) is 5.56 Å². The van der Waals surface area contributed by atoms with Gasteiger partial charge in [-0.1, -0.05) is 24.3 Å². The maximum atomic E-state index is 12.3. The summed E-state index contributed by atoms with van der Waals surface area (Å²) in [5.74, 6) is -0.0979. The molecule has 0 saturated carbocycles. The third-order valence-electron chi connectivity index (χ3n) is 3.08. The molecule has 0 spiro atoms. The molecule has 4 nitrogen and oxygen atoms in total. The van der Waals surface area contributed by atoms with Crippen molar-refractivity contribution in [2.45, 2.75) is 0 Å². The number of benzene rings is 2. The predicted molar refractivity (Wildman–Crippen MR) is 77.8 cm³/mol. The molecule has 0 unspecified atom stereocenters. The second kappa shape index (κ2) is 5.02. The molecule has 1 heterocycles. The molecule has 2 aromatic carbocycles. The van der Waals surface area contributed by atoms with Gasteiger partial charge in [0.1, 0.15) is 0 Å². The fourth-order valence-electron chi connectivity index (χ4n) is 2.18. The molecular formula is C15H15N3O. The van der Waals surface area contributed by atoms with Crippen molar-refractivity contribution in [2.75, 3.05) is 29.0 Å². The summed E-state index contributed by atoms with van der Waals surface area (Å²) in [7, 11) is 0. The summed E-state index contributed by atoms with van der Waals surface area (Å²) in [6.07, 6.45) is 0.